The lowest BCUT2D eigenvalue weighted by atomic mass is 10.1. The number of hydrogen-bond donors (Lipinski definition) is 0. The zero-order chi connectivity index (χ0) is 16.9. The smallest absolute Gasteiger partial charge is 0.341 e. The molecule has 0 aromatic carbocycles. The van der Waals surface area contributed by atoms with E-state index in [1.165, 1.54) is 46.6 Å². The summed E-state index contributed by atoms with van der Waals surface area (Å²) in [5.74, 6) is 0. The number of nitrogens with zero attached hydrogens (tertiary/aromatic N) is 2. The van der Waals surface area contributed by atoms with Crippen molar-refractivity contribution in [3.63, 3.8) is 0 Å². The van der Waals surface area contributed by atoms with E-state index in [4.69, 9.17) is 0 Å². The van der Waals surface area contributed by atoms with Crippen LogP contribution in [0.1, 0.15) is 26.7 Å². The maximum absolute atomic E-state index is 2.68. The van der Waals surface area contributed by atoms with Crippen LogP contribution >= 0.6 is 0 Å². The first-order valence-electron chi connectivity index (χ1n) is 8.83. The minimum absolute atomic E-state index is 1.03. The van der Waals surface area contributed by atoms with Gasteiger partial charge in [0.05, 0.1) is 41.3 Å². The molecule has 0 aliphatic carbocycles. The fourth-order valence-corrected chi connectivity index (χ4v) is 9.79. The van der Waals surface area contributed by atoms with E-state index in [1.807, 2.05) is 0 Å². The minimum atomic E-state index is -1.48. The first kappa shape index (κ1) is 21.4. The Kier molecular flexibility index (Phi) is 7.96. The Morgan fingerprint density at radius 2 is 1.14 bits per heavy atom. The average Bonchev–Trinajstić information content (AvgIpc) is 2.26. The predicted octanol–water partition coefficient (Wildman–Crippen LogP) is 3.99. The van der Waals surface area contributed by atoms with Crippen LogP contribution in [0, 0.1) is 0 Å². The van der Waals surface area contributed by atoms with E-state index in [0.29, 0.717) is 0 Å². The van der Waals surface area contributed by atoms with E-state index in [2.05, 4.69) is 75.1 Å². The molecule has 125 valence electrons. The lowest BCUT2D eigenvalue weighted by Crippen LogP contribution is -2.77. The summed E-state index contributed by atoms with van der Waals surface area (Å²) in [5, 5.41) is 0. The molecule has 0 saturated carbocycles. The van der Waals surface area contributed by atoms with Gasteiger partial charge in [0.1, 0.15) is 6.87 Å². The van der Waals surface area contributed by atoms with Crippen LogP contribution in [0.3, 0.4) is 0 Å². The van der Waals surface area contributed by atoms with Crippen LogP contribution in [0.4, 0.5) is 0 Å². The van der Waals surface area contributed by atoms with Crippen molar-refractivity contribution in [2.24, 2.45) is 0 Å². The van der Waals surface area contributed by atoms with Crippen LogP contribution in [-0.2, 0) is 0 Å². The van der Waals surface area contributed by atoms with Crippen molar-refractivity contribution in [3.05, 3.63) is 0 Å². The maximum atomic E-state index is 2.68. The number of rotatable bonds is 10. The second-order valence-electron chi connectivity index (χ2n) is 9.14. The Labute approximate surface area is 138 Å². The quantitative estimate of drug-likeness (QED) is 0.532. The zero-order valence-electron chi connectivity index (χ0n) is 16.7. The van der Waals surface area contributed by atoms with Crippen molar-refractivity contribution in [1.82, 2.24) is 0 Å². The summed E-state index contributed by atoms with van der Waals surface area (Å²) >= 11 is 0. The van der Waals surface area contributed by atoms with E-state index in [-0.39, 0.29) is 0 Å². The van der Waals surface area contributed by atoms with Crippen LogP contribution in [0.15, 0.2) is 0 Å². The maximum Gasteiger partial charge on any atom is 0.517 e. The van der Waals surface area contributed by atoms with Gasteiger partial charge >= 0.3 is 8.40 Å². The molecule has 0 bridgehead atoms. The molecule has 1 radical (unpaired) electrons. The van der Waals surface area contributed by atoms with Gasteiger partial charge in [0.15, 0.2) is 0 Å². The summed E-state index contributed by atoms with van der Waals surface area (Å²) in [4.78, 5) is 0. The highest BCUT2D eigenvalue weighted by Crippen LogP contribution is 2.31. The fourth-order valence-electron chi connectivity index (χ4n) is 3.72. The third-order valence-electron chi connectivity index (χ3n) is 5.55. The van der Waals surface area contributed by atoms with E-state index in [0.717, 1.165) is 0 Å². The highest BCUT2D eigenvalue weighted by molar-refractivity contribution is 7.23. The van der Waals surface area contributed by atoms with Crippen LogP contribution in [0.2, 0.25) is 38.6 Å². The van der Waals surface area contributed by atoms with Gasteiger partial charge < -0.3 is 8.30 Å². The molecule has 0 fully saturated rings. The van der Waals surface area contributed by atoms with Gasteiger partial charge in [-0.05, 0) is 12.8 Å². The van der Waals surface area contributed by atoms with Crippen LogP contribution in [0.25, 0.3) is 0 Å². The predicted molar refractivity (Wildman–Crippen MR) is 105 cm³/mol. The second-order valence-corrected chi connectivity index (χ2v) is 19.6. The average molecular weight is 330 g/mol. The normalized spacial score (nSPS) is 14.4. The van der Waals surface area contributed by atoms with Gasteiger partial charge in [0.25, 0.3) is 0 Å². The van der Waals surface area contributed by atoms with Gasteiger partial charge in [-0.25, -0.2) is 0 Å². The molecule has 0 N–H and O–H groups in total. The van der Waals surface area contributed by atoms with Crippen molar-refractivity contribution in [2.45, 2.75) is 65.2 Å². The molecule has 0 amide bonds. The molecule has 0 saturated heterocycles. The number of quaternary nitrogens is 2. The first-order chi connectivity index (χ1) is 9.33. The third kappa shape index (κ3) is 5.85. The van der Waals surface area contributed by atoms with Gasteiger partial charge in [-0.1, -0.05) is 39.8 Å². The third-order valence-corrected chi connectivity index (χ3v) is 14.0. The second kappa shape index (κ2) is 7.80. The standard InChI is InChI=1S/C16H42BN2Si2/c1-11-14-18(3,4)21(10,19(5,6)15-12-2)16-13-17-20(7,8)9/h11-16H2,1-10H3/q+2. The van der Waals surface area contributed by atoms with Crippen molar-refractivity contribution in [2.75, 3.05) is 41.3 Å². The Morgan fingerprint density at radius 3 is 1.43 bits per heavy atom. The van der Waals surface area contributed by atoms with Crippen LogP contribution < -0.4 is 0 Å². The summed E-state index contributed by atoms with van der Waals surface area (Å²) in [6.45, 7) is 20.0. The van der Waals surface area contributed by atoms with Crippen molar-refractivity contribution in [3.8, 4) is 0 Å². The largest absolute Gasteiger partial charge is 0.517 e. The molecule has 0 aromatic rings. The van der Waals surface area contributed by atoms with Crippen molar-refractivity contribution in [1.29, 1.82) is 0 Å². The SMILES string of the molecule is CCC[N+](C)(C)[Si](C)(CC[B][Si](C)(C)C)[N+](C)(C)CCC. The minimum Gasteiger partial charge on any atom is -0.341 e. The Bertz CT molecular complexity index is 294. The summed E-state index contributed by atoms with van der Waals surface area (Å²) in [6.07, 6.45) is 3.91. The Morgan fingerprint density at radius 1 is 0.762 bits per heavy atom. The van der Waals surface area contributed by atoms with Gasteiger partial charge in [-0.3, -0.25) is 0 Å². The fraction of sp³-hybridized carbons (Fsp3) is 1.00. The molecule has 0 aliphatic rings. The van der Waals surface area contributed by atoms with Crippen LogP contribution in [0.5, 0.6) is 0 Å². The van der Waals surface area contributed by atoms with Gasteiger partial charge in [0, 0.05) is 20.5 Å². The first-order valence-corrected chi connectivity index (χ1v) is 15.0. The van der Waals surface area contributed by atoms with E-state index < -0.39 is 16.3 Å². The molecule has 0 unspecified atom stereocenters. The molecule has 0 spiro atoms. The molecule has 5 heteroatoms. The molecular weight excluding hydrogens is 287 g/mol. The summed E-state index contributed by atoms with van der Waals surface area (Å²) in [6, 6.07) is 1.43. The molecule has 0 heterocycles. The molecule has 2 nitrogen and oxygen atoms in total. The summed E-state index contributed by atoms with van der Waals surface area (Å²) < 4.78 is 2.52. The van der Waals surface area contributed by atoms with Crippen LogP contribution in [-0.4, -0.2) is 72.8 Å². The number of hydrogen-bond acceptors (Lipinski definition) is 0. The molecule has 0 atom stereocenters. The highest BCUT2D eigenvalue weighted by atomic mass is 28.4. The topological polar surface area (TPSA) is 0 Å². The molecule has 21 heavy (non-hydrogen) atoms. The lowest BCUT2D eigenvalue weighted by molar-refractivity contribution is -0.912. The molecule has 0 rings (SSSR count). The monoisotopic (exact) mass is 329 g/mol. The lowest BCUT2D eigenvalue weighted by Gasteiger charge is -2.52. The summed E-state index contributed by atoms with van der Waals surface area (Å²) in [5.41, 5.74) is 0. The highest BCUT2D eigenvalue weighted by Gasteiger charge is 2.60. The van der Waals surface area contributed by atoms with Gasteiger partial charge in [-0.2, -0.15) is 0 Å². The van der Waals surface area contributed by atoms with E-state index in [1.54, 1.807) is 0 Å². The molecule has 0 aliphatic heterocycles. The van der Waals surface area contributed by atoms with Gasteiger partial charge in [0.2, 0.25) is 0 Å². The van der Waals surface area contributed by atoms with Gasteiger partial charge in [-0.15, -0.1) is 0 Å². The van der Waals surface area contributed by atoms with E-state index >= 15 is 0 Å². The summed E-state index contributed by atoms with van der Waals surface area (Å²) in [7, 11) is 7.49. The van der Waals surface area contributed by atoms with Crippen molar-refractivity contribution >= 4 is 23.2 Å². The Hall–Kier alpha value is 0.419. The van der Waals surface area contributed by atoms with Crippen molar-refractivity contribution < 1.29 is 8.30 Å². The zero-order valence-corrected chi connectivity index (χ0v) is 18.7. The molecular formula is C16H42BN2Si2+2. The molecule has 0 aromatic heterocycles. The van der Waals surface area contributed by atoms with E-state index in [9.17, 15) is 0 Å². The Balaban J connectivity index is 5.27.